The molecule has 12 heavy (non-hydrogen) atoms. The Morgan fingerprint density at radius 1 is 1.58 bits per heavy atom. The predicted molar refractivity (Wildman–Crippen MR) is 60.9 cm³/mol. The fourth-order valence-electron chi connectivity index (χ4n) is 0.885. The van der Waals surface area contributed by atoms with Gasteiger partial charge in [-0.2, -0.15) is 0 Å². The molecule has 64 valence electrons. The molecule has 0 aliphatic carbocycles. The minimum atomic E-state index is -0.0209. The van der Waals surface area contributed by atoms with Crippen LogP contribution in [0.2, 0.25) is 0 Å². The lowest BCUT2D eigenvalue weighted by atomic mass is 10.0. The summed E-state index contributed by atoms with van der Waals surface area (Å²) in [6.45, 7) is 1.89. The molecule has 0 N–H and O–H groups in total. The highest BCUT2D eigenvalue weighted by Crippen LogP contribution is 2.21. The topological polar surface area (TPSA) is 17.1 Å². The standard InChI is InChI=1S/C9H9IOS/c1-6(5-11)7-2-3-9(12)8(10)4-7/h2-6,12H,1H3. The first kappa shape index (κ1) is 10.1. The molecule has 0 fully saturated rings. The van der Waals surface area contributed by atoms with E-state index in [0.717, 1.165) is 20.3 Å². The van der Waals surface area contributed by atoms with Gasteiger partial charge in [0.2, 0.25) is 0 Å². The molecule has 1 aromatic carbocycles. The van der Waals surface area contributed by atoms with Crippen LogP contribution >= 0.6 is 35.2 Å². The molecular weight excluding hydrogens is 283 g/mol. The van der Waals surface area contributed by atoms with Crippen molar-refractivity contribution in [3.05, 3.63) is 27.3 Å². The minimum absolute atomic E-state index is 0.0209. The summed E-state index contributed by atoms with van der Waals surface area (Å²) < 4.78 is 1.09. The molecule has 0 amide bonds. The van der Waals surface area contributed by atoms with Crippen LogP contribution < -0.4 is 0 Å². The molecule has 0 saturated carbocycles. The van der Waals surface area contributed by atoms with Gasteiger partial charge in [0.05, 0.1) is 0 Å². The SMILES string of the molecule is CC(C=O)c1ccc(S)c(I)c1. The van der Waals surface area contributed by atoms with Crippen LogP contribution in [0.15, 0.2) is 23.1 Å². The fourth-order valence-corrected chi connectivity index (χ4v) is 1.56. The lowest BCUT2D eigenvalue weighted by molar-refractivity contribution is -0.108. The molecule has 1 rings (SSSR count). The maximum absolute atomic E-state index is 10.5. The number of benzene rings is 1. The van der Waals surface area contributed by atoms with E-state index in [-0.39, 0.29) is 5.92 Å². The second-order valence-electron chi connectivity index (χ2n) is 2.64. The average molecular weight is 292 g/mol. The predicted octanol–water partition coefficient (Wildman–Crippen LogP) is 2.88. The highest BCUT2D eigenvalue weighted by atomic mass is 127. The number of rotatable bonds is 2. The van der Waals surface area contributed by atoms with E-state index in [0.29, 0.717) is 0 Å². The number of carbonyl (C=O) groups excluding carboxylic acids is 1. The highest BCUT2D eigenvalue weighted by Gasteiger charge is 2.04. The molecule has 0 aromatic heterocycles. The van der Waals surface area contributed by atoms with Gasteiger partial charge in [-0.1, -0.05) is 13.0 Å². The van der Waals surface area contributed by atoms with Gasteiger partial charge in [0.15, 0.2) is 0 Å². The van der Waals surface area contributed by atoms with Crippen LogP contribution in [-0.2, 0) is 4.79 Å². The zero-order valence-corrected chi connectivity index (χ0v) is 9.67. The number of thiol groups is 1. The maximum Gasteiger partial charge on any atom is 0.127 e. The molecule has 0 heterocycles. The number of aldehydes is 1. The zero-order valence-electron chi connectivity index (χ0n) is 6.62. The Labute approximate surface area is 91.1 Å². The van der Waals surface area contributed by atoms with Crippen molar-refractivity contribution in [2.24, 2.45) is 0 Å². The van der Waals surface area contributed by atoms with Crippen molar-refractivity contribution >= 4 is 41.5 Å². The van der Waals surface area contributed by atoms with Crippen molar-refractivity contribution in [2.75, 3.05) is 0 Å². The smallest absolute Gasteiger partial charge is 0.127 e. The van der Waals surface area contributed by atoms with E-state index in [1.807, 2.05) is 25.1 Å². The summed E-state index contributed by atoms with van der Waals surface area (Å²) in [5.41, 5.74) is 1.05. The summed E-state index contributed by atoms with van der Waals surface area (Å²) in [7, 11) is 0. The van der Waals surface area contributed by atoms with E-state index in [2.05, 4.69) is 35.2 Å². The molecule has 0 spiro atoms. The summed E-state index contributed by atoms with van der Waals surface area (Å²) in [5, 5.41) is 0. The zero-order chi connectivity index (χ0) is 9.14. The lowest BCUT2D eigenvalue weighted by Crippen LogP contribution is -1.94. The molecule has 0 radical (unpaired) electrons. The van der Waals surface area contributed by atoms with Gasteiger partial charge in [-0.15, -0.1) is 12.6 Å². The molecule has 3 heteroatoms. The van der Waals surface area contributed by atoms with Gasteiger partial charge in [-0.3, -0.25) is 0 Å². The Hall–Kier alpha value is -0.0300. The van der Waals surface area contributed by atoms with Gasteiger partial charge < -0.3 is 4.79 Å². The lowest BCUT2D eigenvalue weighted by Gasteiger charge is -2.05. The third-order valence-electron chi connectivity index (χ3n) is 1.70. The van der Waals surface area contributed by atoms with Crippen LogP contribution in [0.25, 0.3) is 0 Å². The monoisotopic (exact) mass is 292 g/mol. The first-order valence-corrected chi connectivity index (χ1v) is 5.11. The first-order chi connectivity index (χ1) is 5.65. The number of carbonyl (C=O) groups is 1. The summed E-state index contributed by atoms with van der Waals surface area (Å²) in [6, 6.07) is 5.84. The first-order valence-electron chi connectivity index (χ1n) is 3.59. The summed E-state index contributed by atoms with van der Waals surface area (Å²) in [4.78, 5) is 11.4. The van der Waals surface area contributed by atoms with E-state index in [9.17, 15) is 4.79 Å². The Kier molecular flexibility index (Phi) is 3.58. The van der Waals surface area contributed by atoms with Gasteiger partial charge >= 0.3 is 0 Å². The van der Waals surface area contributed by atoms with Crippen molar-refractivity contribution in [1.29, 1.82) is 0 Å². The average Bonchev–Trinajstić information content (AvgIpc) is 2.08. The van der Waals surface area contributed by atoms with E-state index >= 15 is 0 Å². The van der Waals surface area contributed by atoms with E-state index in [1.165, 1.54) is 0 Å². The van der Waals surface area contributed by atoms with Crippen molar-refractivity contribution in [3.8, 4) is 0 Å². The number of halogens is 1. The Balaban J connectivity index is 3.04. The van der Waals surface area contributed by atoms with Crippen molar-refractivity contribution in [2.45, 2.75) is 17.7 Å². The second-order valence-corrected chi connectivity index (χ2v) is 4.28. The van der Waals surface area contributed by atoms with Crippen LogP contribution in [0.3, 0.4) is 0 Å². The van der Waals surface area contributed by atoms with E-state index in [1.54, 1.807) is 0 Å². The Morgan fingerprint density at radius 2 is 2.25 bits per heavy atom. The van der Waals surface area contributed by atoms with Crippen molar-refractivity contribution in [3.63, 3.8) is 0 Å². The van der Waals surface area contributed by atoms with Crippen molar-refractivity contribution < 1.29 is 4.79 Å². The molecule has 1 unspecified atom stereocenters. The van der Waals surface area contributed by atoms with Gasteiger partial charge in [-0.25, -0.2) is 0 Å². The third-order valence-corrected chi connectivity index (χ3v) is 3.41. The van der Waals surface area contributed by atoms with Gasteiger partial charge in [0.25, 0.3) is 0 Å². The number of hydrogen-bond donors (Lipinski definition) is 1. The summed E-state index contributed by atoms with van der Waals surface area (Å²) in [6.07, 6.45) is 0.948. The van der Waals surface area contributed by atoms with E-state index in [4.69, 9.17) is 0 Å². The molecular formula is C9H9IOS. The molecule has 0 aliphatic heterocycles. The normalized spacial score (nSPS) is 12.6. The fraction of sp³-hybridized carbons (Fsp3) is 0.222. The largest absolute Gasteiger partial charge is 0.303 e. The Morgan fingerprint density at radius 3 is 2.75 bits per heavy atom. The summed E-state index contributed by atoms with van der Waals surface area (Å²) >= 11 is 6.45. The quantitative estimate of drug-likeness (QED) is 0.504. The number of hydrogen-bond acceptors (Lipinski definition) is 2. The molecule has 0 saturated heterocycles. The van der Waals surface area contributed by atoms with Crippen LogP contribution in [0.1, 0.15) is 18.4 Å². The maximum atomic E-state index is 10.5. The van der Waals surface area contributed by atoms with Gasteiger partial charge in [-0.05, 0) is 40.3 Å². The Bertz CT molecular complexity index is 299. The highest BCUT2D eigenvalue weighted by molar-refractivity contribution is 14.1. The summed E-state index contributed by atoms with van der Waals surface area (Å²) in [5.74, 6) is -0.0209. The van der Waals surface area contributed by atoms with Crippen LogP contribution in [0.4, 0.5) is 0 Å². The molecule has 1 aromatic rings. The van der Waals surface area contributed by atoms with Gasteiger partial charge in [0.1, 0.15) is 6.29 Å². The molecule has 0 aliphatic rings. The van der Waals surface area contributed by atoms with Crippen LogP contribution in [0, 0.1) is 3.57 Å². The second kappa shape index (κ2) is 4.28. The molecule has 1 atom stereocenters. The molecule has 0 bridgehead atoms. The third kappa shape index (κ3) is 2.23. The molecule has 1 nitrogen and oxygen atoms in total. The van der Waals surface area contributed by atoms with Crippen LogP contribution in [-0.4, -0.2) is 6.29 Å². The van der Waals surface area contributed by atoms with Crippen LogP contribution in [0.5, 0.6) is 0 Å². The van der Waals surface area contributed by atoms with Gasteiger partial charge in [0, 0.05) is 14.4 Å². The minimum Gasteiger partial charge on any atom is -0.303 e. The van der Waals surface area contributed by atoms with Crippen molar-refractivity contribution in [1.82, 2.24) is 0 Å². The van der Waals surface area contributed by atoms with E-state index < -0.39 is 0 Å².